The number of hydrogen-bond donors (Lipinski definition) is 2. The average Bonchev–Trinajstić information content (AvgIpc) is 2.82. The molecule has 4 aromatic rings. The topological polar surface area (TPSA) is 54.4 Å². The standard InChI is InChI=1S/C19H16S.C8H10O3S/c1-14-18(20)13-12-17(15-8-4-2-5-9-15)19(14)16-10-6-3-7-11-16;1-2-7-3-5-8(6-4-7)12(9,10)11/h2-13,20H,1H3;3-6H,2H2,1H3,(H,9,10,11). The van der Waals surface area contributed by atoms with Crippen molar-refractivity contribution < 1.29 is 13.0 Å². The van der Waals surface area contributed by atoms with E-state index in [1.165, 1.54) is 39.9 Å². The molecular formula is C27H26O3S2. The number of thiol groups is 1. The molecule has 0 unspecified atom stereocenters. The van der Waals surface area contributed by atoms with Crippen LogP contribution in [0.4, 0.5) is 0 Å². The lowest BCUT2D eigenvalue weighted by molar-refractivity contribution is 0.483. The largest absolute Gasteiger partial charge is 0.294 e. The van der Waals surface area contributed by atoms with Gasteiger partial charge in [-0.25, -0.2) is 0 Å². The maximum absolute atomic E-state index is 10.6. The SMILES string of the molecule is CCc1ccc(S(=O)(=O)O)cc1.Cc1c(S)ccc(-c2ccccc2)c1-c1ccccc1. The van der Waals surface area contributed by atoms with E-state index in [0.717, 1.165) is 16.9 Å². The monoisotopic (exact) mass is 462 g/mol. The van der Waals surface area contributed by atoms with Crippen LogP contribution in [-0.4, -0.2) is 13.0 Å². The number of rotatable bonds is 4. The minimum Gasteiger partial charge on any atom is -0.282 e. The minimum absolute atomic E-state index is 0.0558. The Labute approximate surface area is 195 Å². The lowest BCUT2D eigenvalue weighted by Crippen LogP contribution is -1.97. The van der Waals surface area contributed by atoms with E-state index in [-0.39, 0.29) is 4.90 Å². The highest BCUT2D eigenvalue weighted by atomic mass is 32.2. The first-order chi connectivity index (χ1) is 15.3. The highest BCUT2D eigenvalue weighted by molar-refractivity contribution is 7.85. The normalized spacial score (nSPS) is 10.9. The molecule has 0 spiro atoms. The summed E-state index contributed by atoms with van der Waals surface area (Å²) in [5, 5.41) is 0. The van der Waals surface area contributed by atoms with Crippen LogP contribution in [0.25, 0.3) is 22.3 Å². The van der Waals surface area contributed by atoms with Crippen LogP contribution in [0.2, 0.25) is 0 Å². The zero-order chi connectivity index (χ0) is 23.1. The maximum atomic E-state index is 10.6. The van der Waals surface area contributed by atoms with Gasteiger partial charge in [-0.2, -0.15) is 8.42 Å². The van der Waals surface area contributed by atoms with E-state index in [2.05, 4.69) is 80.2 Å². The molecule has 1 N–H and O–H groups in total. The molecule has 3 nitrogen and oxygen atoms in total. The second-order valence-electron chi connectivity index (χ2n) is 7.34. The van der Waals surface area contributed by atoms with Gasteiger partial charge in [-0.1, -0.05) is 85.8 Å². The first-order valence-electron chi connectivity index (χ1n) is 10.3. The number of hydrogen-bond acceptors (Lipinski definition) is 3. The second kappa shape index (κ2) is 10.6. The van der Waals surface area contributed by atoms with Crippen molar-refractivity contribution in [2.75, 3.05) is 0 Å². The van der Waals surface area contributed by atoms with Crippen molar-refractivity contribution in [3.8, 4) is 22.3 Å². The van der Waals surface area contributed by atoms with Crippen molar-refractivity contribution >= 4 is 22.7 Å². The number of benzene rings is 4. The summed E-state index contributed by atoms with van der Waals surface area (Å²) in [4.78, 5) is 0.975. The summed E-state index contributed by atoms with van der Waals surface area (Å²) in [5.41, 5.74) is 7.27. The Kier molecular flexibility index (Phi) is 7.91. The van der Waals surface area contributed by atoms with Gasteiger partial charge in [0.05, 0.1) is 4.90 Å². The van der Waals surface area contributed by atoms with Crippen LogP contribution in [0.3, 0.4) is 0 Å². The molecule has 5 heteroatoms. The molecule has 164 valence electrons. The van der Waals surface area contributed by atoms with Gasteiger partial charge in [0, 0.05) is 4.90 Å². The third-order valence-electron chi connectivity index (χ3n) is 5.21. The molecule has 4 rings (SSSR count). The van der Waals surface area contributed by atoms with Crippen LogP contribution < -0.4 is 0 Å². The highest BCUT2D eigenvalue weighted by Crippen LogP contribution is 2.37. The van der Waals surface area contributed by atoms with Crippen molar-refractivity contribution in [1.82, 2.24) is 0 Å². The van der Waals surface area contributed by atoms with Crippen molar-refractivity contribution in [2.24, 2.45) is 0 Å². The van der Waals surface area contributed by atoms with E-state index in [0.29, 0.717) is 0 Å². The lowest BCUT2D eigenvalue weighted by Gasteiger charge is -2.15. The van der Waals surface area contributed by atoms with Crippen LogP contribution in [0.1, 0.15) is 18.1 Å². The Bertz CT molecular complexity index is 1270. The van der Waals surface area contributed by atoms with E-state index in [1.807, 2.05) is 19.1 Å². The summed E-state index contributed by atoms with van der Waals surface area (Å²) >= 11 is 4.58. The molecule has 0 aliphatic heterocycles. The second-order valence-corrected chi connectivity index (χ2v) is 9.24. The first kappa shape index (κ1) is 23.8. The van der Waals surface area contributed by atoms with Gasteiger partial charge in [-0.3, -0.25) is 4.55 Å². The van der Waals surface area contributed by atoms with Crippen molar-refractivity contribution in [3.05, 3.63) is 108 Å². The highest BCUT2D eigenvalue weighted by Gasteiger charge is 2.12. The van der Waals surface area contributed by atoms with Crippen LogP contribution in [0.5, 0.6) is 0 Å². The molecule has 0 atom stereocenters. The van der Waals surface area contributed by atoms with Crippen LogP contribution in [0.15, 0.2) is 107 Å². The van der Waals surface area contributed by atoms with Crippen molar-refractivity contribution in [3.63, 3.8) is 0 Å². The Hall–Kier alpha value is -2.86. The van der Waals surface area contributed by atoms with Gasteiger partial charge < -0.3 is 0 Å². The summed E-state index contributed by atoms with van der Waals surface area (Å²) in [6, 6.07) is 31.4. The third kappa shape index (κ3) is 5.88. The fourth-order valence-corrected chi connectivity index (χ4v) is 4.10. The fourth-order valence-electron chi connectivity index (χ4n) is 3.43. The predicted molar refractivity (Wildman–Crippen MR) is 135 cm³/mol. The van der Waals surface area contributed by atoms with Gasteiger partial charge in [-0.05, 0) is 64.9 Å². The summed E-state index contributed by atoms with van der Waals surface area (Å²) in [7, 11) is -4.03. The quantitative estimate of drug-likeness (QED) is 0.251. The molecule has 32 heavy (non-hydrogen) atoms. The van der Waals surface area contributed by atoms with Crippen molar-refractivity contribution in [2.45, 2.75) is 30.1 Å². The molecule has 0 bridgehead atoms. The van der Waals surface area contributed by atoms with E-state index < -0.39 is 10.1 Å². The molecule has 0 saturated carbocycles. The lowest BCUT2D eigenvalue weighted by atomic mass is 9.91. The molecule has 0 fully saturated rings. The zero-order valence-electron chi connectivity index (χ0n) is 18.1. The summed E-state index contributed by atoms with van der Waals surface area (Å²) in [6.07, 6.45) is 0.853. The van der Waals surface area contributed by atoms with Gasteiger partial charge >= 0.3 is 0 Å². The summed E-state index contributed by atoms with van der Waals surface area (Å²) in [6.45, 7) is 4.11. The van der Waals surface area contributed by atoms with Gasteiger partial charge in [-0.15, -0.1) is 12.6 Å². The molecule has 4 aromatic carbocycles. The first-order valence-corrected chi connectivity index (χ1v) is 12.2. The van der Waals surface area contributed by atoms with E-state index >= 15 is 0 Å². The molecule has 0 aliphatic carbocycles. The smallest absolute Gasteiger partial charge is 0.282 e. The average molecular weight is 463 g/mol. The van der Waals surface area contributed by atoms with Gasteiger partial charge in [0.1, 0.15) is 0 Å². The Morgan fingerprint density at radius 3 is 1.78 bits per heavy atom. The van der Waals surface area contributed by atoms with Gasteiger partial charge in [0.2, 0.25) is 0 Å². The molecule has 0 heterocycles. The third-order valence-corrected chi connectivity index (χ3v) is 6.57. The zero-order valence-corrected chi connectivity index (χ0v) is 19.8. The van der Waals surface area contributed by atoms with Gasteiger partial charge in [0.25, 0.3) is 10.1 Å². The molecule has 0 saturated heterocycles. The molecule has 0 aromatic heterocycles. The van der Waals surface area contributed by atoms with Crippen LogP contribution in [-0.2, 0) is 16.5 Å². The fraction of sp³-hybridized carbons (Fsp3) is 0.111. The minimum atomic E-state index is -4.03. The summed E-state index contributed by atoms with van der Waals surface area (Å²) in [5.74, 6) is 0. The van der Waals surface area contributed by atoms with E-state index in [1.54, 1.807) is 12.1 Å². The van der Waals surface area contributed by atoms with Crippen molar-refractivity contribution in [1.29, 1.82) is 0 Å². The summed E-state index contributed by atoms with van der Waals surface area (Å²) < 4.78 is 29.8. The van der Waals surface area contributed by atoms with E-state index in [9.17, 15) is 8.42 Å². The maximum Gasteiger partial charge on any atom is 0.294 e. The molecule has 0 radical (unpaired) electrons. The molecule has 0 amide bonds. The Balaban J connectivity index is 0.000000207. The molecule has 0 aliphatic rings. The Morgan fingerprint density at radius 1 is 0.750 bits per heavy atom. The predicted octanol–water partition coefficient (Wildman–Crippen LogP) is 7.11. The van der Waals surface area contributed by atoms with E-state index in [4.69, 9.17) is 4.55 Å². The van der Waals surface area contributed by atoms with Gasteiger partial charge in [0.15, 0.2) is 0 Å². The number of aryl methyl sites for hydroxylation is 1. The molecular weight excluding hydrogens is 436 g/mol. The van der Waals surface area contributed by atoms with Crippen LogP contribution >= 0.6 is 12.6 Å². The Morgan fingerprint density at radius 2 is 1.28 bits per heavy atom. The van der Waals surface area contributed by atoms with Crippen LogP contribution in [0, 0.1) is 6.92 Å².